The molecule has 4 heteroatoms. The number of carbonyl (C=O) groups is 1. The van der Waals surface area contributed by atoms with E-state index in [2.05, 4.69) is 6.07 Å². The van der Waals surface area contributed by atoms with Gasteiger partial charge in [-0.2, -0.15) is 17.0 Å². The van der Waals surface area contributed by atoms with Gasteiger partial charge in [0.2, 0.25) is 0 Å². The molecule has 1 saturated heterocycles. The molecule has 0 aromatic rings. The number of ether oxygens (including phenoxy) is 1. The van der Waals surface area contributed by atoms with Crippen molar-refractivity contribution in [1.82, 2.24) is 0 Å². The average molecular weight is 199 g/mol. The zero-order valence-electron chi connectivity index (χ0n) is 7.71. The Bertz CT molecular complexity index is 228. The van der Waals surface area contributed by atoms with Gasteiger partial charge in [0.15, 0.2) is 5.41 Å². The summed E-state index contributed by atoms with van der Waals surface area (Å²) in [5, 5.41) is 8.98. The van der Waals surface area contributed by atoms with Crippen LogP contribution in [0.1, 0.15) is 19.8 Å². The number of nitrogens with zero attached hydrogens (tertiary/aromatic N) is 1. The Kier molecular flexibility index (Phi) is 3.61. The summed E-state index contributed by atoms with van der Waals surface area (Å²) in [6.45, 7) is 2.12. The molecular formula is C9H13NO2S. The van der Waals surface area contributed by atoms with Crippen LogP contribution >= 0.6 is 11.8 Å². The van der Waals surface area contributed by atoms with Gasteiger partial charge in [0.05, 0.1) is 12.7 Å². The molecule has 0 N–H and O–H groups in total. The van der Waals surface area contributed by atoms with Gasteiger partial charge in [0, 0.05) is 0 Å². The summed E-state index contributed by atoms with van der Waals surface area (Å²) in [6, 6.07) is 2.11. The number of nitriles is 1. The van der Waals surface area contributed by atoms with Gasteiger partial charge in [-0.1, -0.05) is 0 Å². The molecule has 0 aliphatic carbocycles. The van der Waals surface area contributed by atoms with E-state index >= 15 is 0 Å². The molecule has 3 nitrogen and oxygen atoms in total. The molecule has 0 radical (unpaired) electrons. The van der Waals surface area contributed by atoms with Crippen LogP contribution in [0.5, 0.6) is 0 Å². The van der Waals surface area contributed by atoms with Gasteiger partial charge in [-0.25, -0.2) is 0 Å². The fourth-order valence-electron chi connectivity index (χ4n) is 1.35. The molecule has 0 unspecified atom stereocenters. The third kappa shape index (κ3) is 2.16. The fraction of sp³-hybridized carbons (Fsp3) is 0.778. The van der Waals surface area contributed by atoms with E-state index in [0.717, 1.165) is 11.5 Å². The monoisotopic (exact) mass is 199 g/mol. The molecule has 72 valence electrons. The van der Waals surface area contributed by atoms with Crippen LogP contribution < -0.4 is 0 Å². The average Bonchev–Trinajstić information content (AvgIpc) is 2.19. The van der Waals surface area contributed by atoms with Crippen molar-refractivity contribution < 1.29 is 9.53 Å². The quantitative estimate of drug-likeness (QED) is 0.634. The molecule has 1 aliphatic rings. The first kappa shape index (κ1) is 10.4. The third-order valence-corrected chi connectivity index (χ3v) is 3.21. The highest BCUT2D eigenvalue weighted by atomic mass is 32.2. The third-order valence-electron chi connectivity index (χ3n) is 2.23. The maximum absolute atomic E-state index is 11.5. The van der Waals surface area contributed by atoms with E-state index in [1.165, 1.54) is 0 Å². The lowest BCUT2D eigenvalue weighted by Crippen LogP contribution is -2.35. The second-order valence-corrected chi connectivity index (χ2v) is 4.25. The first-order chi connectivity index (χ1) is 6.25. The molecule has 13 heavy (non-hydrogen) atoms. The predicted octanol–water partition coefficient (Wildman–Crippen LogP) is 1.59. The maximum atomic E-state index is 11.5. The number of rotatable bonds is 2. The van der Waals surface area contributed by atoms with Crippen LogP contribution in [0, 0.1) is 16.7 Å². The Morgan fingerprint density at radius 3 is 2.69 bits per heavy atom. The topological polar surface area (TPSA) is 50.1 Å². The van der Waals surface area contributed by atoms with Crippen LogP contribution in [-0.2, 0) is 9.53 Å². The Balaban J connectivity index is 2.68. The molecule has 0 aromatic carbocycles. The Hall–Kier alpha value is -0.690. The van der Waals surface area contributed by atoms with E-state index in [4.69, 9.17) is 10.00 Å². The van der Waals surface area contributed by atoms with Crippen LogP contribution in [0.3, 0.4) is 0 Å². The molecule has 0 saturated carbocycles. The molecular weight excluding hydrogens is 186 g/mol. The molecule has 0 amide bonds. The molecule has 1 heterocycles. The molecule has 0 bridgehead atoms. The minimum atomic E-state index is -0.846. The van der Waals surface area contributed by atoms with E-state index in [9.17, 15) is 4.79 Å². The second kappa shape index (κ2) is 4.52. The highest BCUT2D eigenvalue weighted by Crippen LogP contribution is 2.35. The van der Waals surface area contributed by atoms with E-state index in [1.54, 1.807) is 18.7 Å². The van der Waals surface area contributed by atoms with Crippen molar-refractivity contribution in [3.8, 4) is 6.07 Å². The van der Waals surface area contributed by atoms with Crippen LogP contribution in [0.15, 0.2) is 0 Å². The summed E-state index contributed by atoms with van der Waals surface area (Å²) in [5.41, 5.74) is -0.846. The van der Waals surface area contributed by atoms with Gasteiger partial charge < -0.3 is 4.74 Å². The lowest BCUT2D eigenvalue weighted by Gasteiger charge is -2.27. The van der Waals surface area contributed by atoms with Crippen LogP contribution in [0.25, 0.3) is 0 Å². The van der Waals surface area contributed by atoms with Crippen molar-refractivity contribution in [2.24, 2.45) is 5.41 Å². The Morgan fingerprint density at radius 2 is 2.23 bits per heavy atom. The number of thioether (sulfide) groups is 1. The molecule has 0 spiro atoms. The number of hydrogen-bond acceptors (Lipinski definition) is 4. The van der Waals surface area contributed by atoms with E-state index in [0.29, 0.717) is 19.4 Å². The molecule has 0 aromatic heterocycles. The zero-order chi connectivity index (χ0) is 9.73. The summed E-state index contributed by atoms with van der Waals surface area (Å²) in [7, 11) is 0. The predicted molar refractivity (Wildman–Crippen MR) is 51.2 cm³/mol. The number of esters is 1. The minimum Gasteiger partial charge on any atom is -0.465 e. The summed E-state index contributed by atoms with van der Waals surface area (Å²) < 4.78 is 4.90. The van der Waals surface area contributed by atoms with E-state index < -0.39 is 5.41 Å². The van der Waals surface area contributed by atoms with Crippen molar-refractivity contribution in [3.63, 3.8) is 0 Å². The maximum Gasteiger partial charge on any atom is 0.326 e. The normalized spacial score (nSPS) is 20.3. The molecule has 1 rings (SSSR count). The largest absolute Gasteiger partial charge is 0.465 e. The van der Waals surface area contributed by atoms with Crippen molar-refractivity contribution in [2.75, 3.05) is 18.1 Å². The Morgan fingerprint density at radius 1 is 1.62 bits per heavy atom. The summed E-state index contributed by atoms with van der Waals surface area (Å²) in [5.74, 6) is 1.43. The Labute approximate surface area is 82.4 Å². The second-order valence-electron chi connectivity index (χ2n) is 3.03. The molecule has 1 aliphatic heterocycles. The van der Waals surface area contributed by atoms with Crippen molar-refractivity contribution in [3.05, 3.63) is 0 Å². The summed E-state index contributed by atoms with van der Waals surface area (Å²) >= 11 is 1.79. The standard InChI is InChI=1S/C9H13NO2S/c1-2-12-8(11)9(7-10)3-5-13-6-4-9/h2-6H2,1H3. The number of hydrogen-bond donors (Lipinski definition) is 0. The van der Waals surface area contributed by atoms with Gasteiger partial charge in [0.1, 0.15) is 0 Å². The first-order valence-corrected chi connectivity index (χ1v) is 5.57. The smallest absolute Gasteiger partial charge is 0.326 e. The van der Waals surface area contributed by atoms with Gasteiger partial charge in [-0.3, -0.25) is 4.79 Å². The summed E-state index contributed by atoms with van der Waals surface area (Å²) in [6.07, 6.45) is 1.26. The van der Waals surface area contributed by atoms with Gasteiger partial charge in [-0.15, -0.1) is 0 Å². The molecule has 1 fully saturated rings. The van der Waals surface area contributed by atoms with Crippen molar-refractivity contribution in [2.45, 2.75) is 19.8 Å². The van der Waals surface area contributed by atoms with Crippen LogP contribution in [0.4, 0.5) is 0 Å². The van der Waals surface area contributed by atoms with Gasteiger partial charge >= 0.3 is 5.97 Å². The first-order valence-electron chi connectivity index (χ1n) is 4.41. The van der Waals surface area contributed by atoms with Crippen molar-refractivity contribution >= 4 is 17.7 Å². The highest BCUT2D eigenvalue weighted by Gasteiger charge is 2.41. The van der Waals surface area contributed by atoms with Crippen LogP contribution in [0.2, 0.25) is 0 Å². The van der Waals surface area contributed by atoms with E-state index in [1.807, 2.05) is 0 Å². The zero-order valence-corrected chi connectivity index (χ0v) is 8.52. The molecule has 0 atom stereocenters. The summed E-state index contributed by atoms with van der Waals surface area (Å²) in [4.78, 5) is 11.5. The van der Waals surface area contributed by atoms with Gasteiger partial charge in [-0.05, 0) is 31.3 Å². The highest BCUT2D eigenvalue weighted by molar-refractivity contribution is 7.99. The van der Waals surface area contributed by atoms with Crippen LogP contribution in [-0.4, -0.2) is 24.1 Å². The minimum absolute atomic E-state index is 0.335. The van der Waals surface area contributed by atoms with E-state index in [-0.39, 0.29) is 5.97 Å². The lowest BCUT2D eigenvalue weighted by molar-refractivity contribution is -0.152. The van der Waals surface area contributed by atoms with Gasteiger partial charge in [0.25, 0.3) is 0 Å². The van der Waals surface area contributed by atoms with Crippen molar-refractivity contribution in [1.29, 1.82) is 5.26 Å². The SMILES string of the molecule is CCOC(=O)C1(C#N)CCSCC1. The fourth-order valence-corrected chi connectivity index (χ4v) is 2.54. The lowest BCUT2D eigenvalue weighted by atomic mass is 9.84. The number of carbonyl (C=O) groups excluding carboxylic acids is 1.